The van der Waals surface area contributed by atoms with Crippen LogP contribution in [-0.2, 0) is 4.79 Å². The van der Waals surface area contributed by atoms with Gasteiger partial charge in [-0.3, -0.25) is 14.7 Å². The Labute approximate surface area is 201 Å². The molecule has 0 bridgehead atoms. The number of aliphatic imine (C=N–C) groups is 1. The second-order valence-corrected chi connectivity index (χ2v) is 8.67. The third-order valence-corrected chi connectivity index (χ3v) is 6.65. The highest BCUT2D eigenvalue weighted by Gasteiger charge is 2.39. The lowest BCUT2D eigenvalue weighted by molar-refractivity contribution is -0.131. The number of rotatable bonds is 8. The molecule has 0 aromatic heterocycles. The van der Waals surface area contributed by atoms with E-state index in [0.717, 1.165) is 45.2 Å². The molecule has 0 spiro atoms. The van der Waals surface area contributed by atoms with Crippen LogP contribution in [0.25, 0.3) is 0 Å². The summed E-state index contributed by atoms with van der Waals surface area (Å²) in [4.78, 5) is 26.7. The maximum atomic E-state index is 12.6. The summed E-state index contributed by atoms with van der Waals surface area (Å²) in [5, 5.41) is 3.41. The molecular formula is C22H45IN6O. The van der Waals surface area contributed by atoms with E-state index in [1.54, 1.807) is 0 Å². The molecule has 176 valence electrons. The van der Waals surface area contributed by atoms with Crippen LogP contribution >= 0.6 is 24.0 Å². The van der Waals surface area contributed by atoms with Crippen molar-refractivity contribution >= 4 is 35.8 Å². The molecule has 0 aromatic rings. The topological polar surface area (TPSA) is 54.4 Å². The Bertz CT molecular complexity index is 526. The SMILES string of the molecule is CCNC(=NCC1(N2CCCCC2)CCN(C)CC1)N(C)CC(=O)N(CC)CC.I. The Balaban J connectivity index is 0.00000450. The van der Waals surface area contributed by atoms with Crippen molar-refractivity contribution in [3.8, 4) is 0 Å². The minimum absolute atomic E-state index is 0. The molecule has 2 saturated heterocycles. The van der Waals surface area contributed by atoms with Crippen molar-refractivity contribution in [1.82, 2.24) is 24.9 Å². The van der Waals surface area contributed by atoms with Gasteiger partial charge in [0.1, 0.15) is 0 Å². The number of amides is 1. The fourth-order valence-electron chi connectivity index (χ4n) is 4.62. The van der Waals surface area contributed by atoms with Gasteiger partial charge in [0.2, 0.25) is 5.91 Å². The largest absolute Gasteiger partial charge is 0.357 e. The van der Waals surface area contributed by atoms with Crippen molar-refractivity contribution < 1.29 is 4.79 Å². The molecule has 0 aromatic carbocycles. The van der Waals surface area contributed by atoms with Gasteiger partial charge in [0.25, 0.3) is 0 Å². The van der Waals surface area contributed by atoms with Gasteiger partial charge in [-0.05, 0) is 79.7 Å². The van der Waals surface area contributed by atoms with E-state index in [0.29, 0.717) is 6.54 Å². The van der Waals surface area contributed by atoms with E-state index in [4.69, 9.17) is 4.99 Å². The second-order valence-electron chi connectivity index (χ2n) is 8.67. The molecule has 0 saturated carbocycles. The number of hydrogen-bond acceptors (Lipinski definition) is 4. The predicted molar refractivity (Wildman–Crippen MR) is 137 cm³/mol. The summed E-state index contributed by atoms with van der Waals surface area (Å²) in [5.74, 6) is 1.01. The molecule has 1 N–H and O–H groups in total. The highest BCUT2D eigenvalue weighted by atomic mass is 127. The minimum atomic E-state index is 0. The van der Waals surface area contributed by atoms with Gasteiger partial charge in [-0.2, -0.15) is 0 Å². The summed E-state index contributed by atoms with van der Waals surface area (Å²) in [6.45, 7) is 14.3. The van der Waals surface area contributed by atoms with E-state index in [2.05, 4.69) is 29.1 Å². The standard InChI is InChI=1S/C22H44N6O.HI/c1-6-23-21(26(5)18-20(29)27(7-2)8-3)24-19-22(12-16-25(4)17-13-22)28-14-10-9-11-15-28;/h6-19H2,1-5H3,(H,23,24);1H. The fraction of sp³-hybridized carbons (Fsp3) is 0.909. The van der Waals surface area contributed by atoms with E-state index in [-0.39, 0.29) is 35.4 Å². The van der Waals surface area contributed by atoms with Gasteiger partial charge in [0.15, 0.2) is 5.96 Å². The third-order valence-electron chi connectivity index (χ3n) is 6.65. The van der Waals surface area contributed by atoms with Crippen LogP contribution in [0.4, 0.5) is 0 Å². The van der Waals surface area contributed by atoms with Crippen LogP contribution in [0, 0.1) is 0 Å². The molecule has 7 nitrogen and oxygen atoms in total. The Morgan fingerprint density at radius 1 is 1.03 bits per heavy atom. The number of likely N-dealkylation sites (N-methyl/N-ethyl adjacent to an activating group) is 2. The smallest absolute Gasteiger partial charge is 0.242 e. The van der Waals surface area contributed by atoms with Gasteiger partial charge in [-0.25, -0.2) is 0 Å². The maximum Gasteiger partial charge on any atom is 0.242 e. The van der Waals surface area contributed by atoms with Crippen molar-refractivity contribution in [3.05, 3.63) is 0 Å². The molecule has 0 atom stereocenters. The Hall–Kier alpha value is -0.610. The lowest BCUT2D eigenvalue weighted by Crippen LogP contribution is -2.58. The molecule has 0 radical (unpaired) electrons. The lowest BCUT2D eigenvalue weighted by Gasteiger charge is -2.49. The molecule has 0 aliphatic carbocycles. The number of piperidine rings is 2. The summed E-state index contributed by atoms with van der Waals surface area (Å²) in [6, 6.07) is 0. The molecule has 8 heteroatoms. The van der Waals surface area contributed by atoms with Gasteiger partial charge in [-0.15, -0.1) is 24.0 Å². The first-order valence-corrected chi connectivity index (χ1v) is 11.7. The summed E-state index contributed by atoms with van der Waals surface area (Å²) >= 11 is 0. The van der Waals surface area contributed by atoms with Gasteiger partial charge in [0.05, 0.1) is 13.1 Å². The summed E-state index contributed by atoms with van der Waals surface area (Å²) in [6.07, 6.45) is 6.32. The average molecular weight is 537 g/mol. The van der Waals surface area contributed by atoms with Crippen LogP contribution in [0.15, 0.2) is 4.99 Å². The molecule has 2 aliphatic heterocycles. The van der Waals surface area contributed by atoms with Crippen LogP contribution in [0.2, 0.25) is 0 Å². The van der Waals surface area contributed by atoms with Crippen molar-refractivity contribution in [1.29, 1.82) is 0 Å². The number of nitrogens with zero attached hydrogens (tertiary/aromatic N) is 5. The molecule has 0 unspecified atom stereocenters. The predicted octanol–water partition coefficient (Wildman–Crippen LogP) is 2.32. The van der Waals surface area contributed by atoms with E-state index < -0.39 is 0 Å². The zero-order chi connectivity index (χ0) is 21.3. The first-order chi connectivity index (χ1) is 14.0. The highest BCUT2D eigenvalue weighted by Crippen LogP contribution is 2.31. The molecular weight excluding hydrogens is 491 g/mol. The second kappa shape index (κ2) is 13.7. The van der Waals surface area contributed by atoms with E-state index in [9.17, 15) is 4.79 Å². The summed E-state index contributed by atoms with van der Waals surface area (Å²) in [5.41, 5.74) is 0.164. The number of nitrogens with one attached hydrogen (secondary N) is 1. The number of hydrogen-bond donors (Lipinski definition) is 1. The van der Waals surface area contributed by atoms with Crippen LogP contribution in [-0.4, -0.2) is 110 Å². The fourth-order valence-corrected chi connectivity index (χ4v) is 4.62. The van der Waals surface area contributed by atoms with Gasteiger partial charge >= 0.3 is 0 Å². The first kappa shape index (κ1) is 27.4. The zero-order valence-corrected chi connectivity index (χ0v) is 22.3. The molecule has 2 aliphatic rings. The van der Waals surface area contributed by atoms with Crippen LogP contribution in [0.5, 0.6) is 0 Å². The number of halogens is 1. The van der Waals surface area contributed by atoms with E-state index in [1.807, 2.05) is 30.7 Å². The van der Waals surface area contributed by atoms with E-state index >= 15 is 0 Å². The van der Waals surface area contributed by atoms with E-state index in [1.165, 1.54) is 45.2 Å². The van der Waals surface area contributed by atoms with Crippen LogP contribution < -0.4 is 5.32 Å². The lowest BCUT2D eigenvalue weighted by atomic mass is 9.84. The number of guanidine groups is 1. The number of carbonyl (C=O) groups excluding carboxylic acids is 1. The average Bonchev–Trinajstić information content (AvgIpc) is 2.74. The van der Waals surface area contributed by atoms with Crippen molar-refractivity contribution in [3.63, 3.8) is 0 Å². The Kier molecular flexibility index (Phi) is 12.5. The number of carbonyl (C=O) groups is 1. The van der Waals surface area contributed by atoms with Crippen LogP contribution in [0.1, 0.15) is 52.9 Å². The number of likely N-dealkylation sites (tertiary alicyclic amines) is 2. The van der Waals surface area contributed by atoms with Crippen LogP contribution in [0.3, 0.4) is 0 Å². The quantitative estimate of drug-likeness (QED) is 0.293. The minimum Gasteiger partial charge on any atom is -0.357 e. The first-order valence-electron chi connectivity index (χ1n) is 11.7. The molecule has 2 fully saturated rings. The van der Waals surface area contributed by atoms with Crippen molar-refractivity contribution in [2.24, 2.45) is 4.99 Å². The van der Waals surface area contributed by atoms with Gasteiger partial charge in [-0.1, -0.05) is 6.42 Å². The van der Waals surface area contributed by atoms with Gasteiger partial charge < -0.3 is 20.0 Å². The van der Waals surface area contributed by atoms with Gasteiger partial charge in [0, 0.05) is 32.2 Å². The molecule has 30 heavy (non-hydrogen) atoms. The van der Waals surface area contributed by atoms with Crippen molar-refractivity contribution in [2.75, 3.05) is 73.0 Å². The summed E-state index contributed by atoms with van der Waals surface area (Å²) < 4.78 is 0. The normalized spacial score (nSPS) is 20.4. The summed E-state index contributed by atoms with van der Waals surface area (Å²) in [7, 11) is 4.20. The maximum absolute atomic E-state index is 12.6. The highest BCUT2D eigenvalue weighted by molar-refractivity contribution is 14.0. The Morgan fingerprint density at radius 2 is 1.63 bits per heavy atom. The molecule has 1 amide bonds. The third kappa shape index (κ3) is 7.51. The Morgan fingerprint density at radius 3 is 2.17 bits per heavy atom. The molecule has 2 heterocycles. The van der Waals surface area contributed by atoms with Crippen molar-refractivity contribution in [2.45, 2.75) is 58.4 Å². The molecule has 2 rings (SSSR count). The monoisotopic (exact) mass is 536 g/mol. The zero-order valence-electron chi connectivity index (χ0n) is 20.0.